The number of amides is 1. The Morgan fingerprint density at radius 3 is 2.51 bits per heavy atom. The maximum absolute atomic E-state index is 13.6. The first-order chi connectivity index (χ1) is 19.9. The van der Waals surface area contributed by atoms with Crippen molar-refractivity contribution in [3.63, 3.8) is 0 Å². The van der Waals surface area contributed by atoms with Gasteiger partial charge in [-0.25, -0.2) is 4.98 Å². The summed E-state index contributed by atoms with van der Waals surface area (Å²) in [5, 5.41) is 12.2. The number of halogens is 1. The third-order valence-electron chi connectivity index (χ3n) is 6.69. The fourth-order valence-corrected chi connectivity index (χ4v) is 5.79. The van der Waals surface area contributed by atoms with E-state index in [1.54, 1.807) is 61.7 Å². The van der Waals surface area contributed by atoms with Crippen LogP contribution >= 0.6 is 22.9 Å². The second kappa shape index (κ2) is 12.2. The highest BCUT2D eigenvalue weighted by molar-refractivity contribution is 7.22. The predicted octanol–water partition coefficient (Wildman–Crippen LogP) is 7.16. The van der Waals surface area contributed by atoms with Crippen LogP contribution in [-0.4, -0.2) is 42.1 Å². The van der Waals surface area contributed by atoms with Crippen molar-refractivity contribution in [2.75, 3.05) is 25.2 Å². The minimum absolute atomic E-state index is 0.0590. The average molecular weight is 593 g/mol. The van der Waals surface area contributed by atoms with E-state index in [9.17, 15) is 14.7 Å². The van der Waals surface area contributed by atoms with Gasteiger partial charge in [-0.05, 0) is 73.5 Å². The first-order valence-corrected chi connectivity index (χ1v) is 14.5. The number of thiazole rings is 1. The number of aliphatic hydroxyl groups excluding tert-OH is 1. The van der Waals surface area contributed by atoms with Crippen molar-refractivity contribution >= 4 is 55.7 Å². The van der Waals surface area contributed by atoms with Crippen LogP contribution in [0.1, 0.15) is 43.9 Å². The van der Waals surface area contributed by atoms with Gasteiger partial charge in [0.15, 0.2) is 16.6 Å². The van der Waals surface area contributed by atoms with E-state index in [1.807, 2.05) is 13.0 Å². The zero-order chi connectivity index (χ0) is 29.1. The van der Waals surface area contributed by atoms with Crippen LogP contribution in [0.5, 0.6) is 17.2 Å². The molecule has 41 heavy (non-hydrogen) atoms. The Balaban J connectivity index is 1.68. The molecule has 2 heterocycles. The molecule has 0 radical (unpaired) electrons. The molecule has 0 aliphatic carbocycles. The van der Waals surface area contributed by atoms with Gasteiger partial charge in [-0.15, -0.1) is 0 Å². The van der Waals surface area contributed by atoms with Gasteiger partial charge in [0.05, 0.1) is 42.2 Å². The number of carbonyl (C=O) groups is 2. The number of ketones is 1. The maximum atomic E-state index is 13.6. The molecule has 1 atom stereocenters. The lowest BCUT2D eigenvalue weighted by Gasteiger charge is -2.24. The van der Waals surface area contributed by atoms with E-state index >= 15 is 0 Å². The van der Waals surface area contributed by atoms with Gasteiger partial charge in [-0.2, -0.15) is 0 Å². The van der Waals surface area contributed by atoms with E-state index < -0.39 is 17.7 Å². The molecule has 0 spiro atoms. The quantitative estimate of drug-likeness (QED) is 0.0902. The minimum atomic E-state index is -0.975. The topological polar surface area (TPSA) is 98.2 Å². The van der Waals surface area contributed by atoms with E-state index in [4.69, 9.17) is 25.8 Å². The number of unbranched alkanes of at least 4 members (excludes halogenated alkanes) is 1. The molecule has 8 nitrogen and oxygen atoms in total. The molecule has 1 amide bonds. The van der Waals surface area contributed by atoms with Gasteiger partial charge >= 0.3 is 5.91 Å². The van der Waals surface area contributed by atoms with Crippen molar-refractivity contribution in [2.45, 2.75) is 32.7 Å². The number of benzene rings is 3. The second-order valence-corrected chi connectivity index (χ2v) is 10.8. The van der Waals surface area contributed by atoms with Gasteiger partial charge in [0.1, 0.15) is 11.5 Å². The maximum Gasteiger partial charge on any atom is 0.301 e. The van der Waals surface area contributed by atoms with Crippen LogP contribution in [-0.2, 0) is 9.59 Å². The number of Topliss-reactive ketones (excluding diaryl/α,β-unsaturated/α-hetero) is 1. The highest BCUT2D eigenvalue weighted by Crippen LogP contribution is 2.46. The summed E-state index contributed by atoms with van der Waals surface area (Å²) in [6, 6.07) is 16.1. The van der Waals surface area contributed by atoms with E-state index in [0.29, 0.717) is 57.3 Å². The van der Waals surface area contributed by atoms with Crippen LogP contribution in [0.15, 0.2) is 66.2 Å². The lowest BCUT2D eigenvalue weighted by molar-refractivity contribution is -0.132. The first kappa shape index (κ1) is 28.4. The van der Waals surface area contributed by atoms with Crippen LogP contribution < -0.4 is 19.1 Å². The predicted molar refractivity (Wildman–Crippen MR) is 160 cm³/mol. The summed E-state index contributed by atoms with van der Waals surface area (Å²) in [5.41, 5.74) is 1.51. The highest BCUT2D eigenvalue weighted by Gasteiger charge is 2.48. The van der Waals surface area contributed by atoms with Crippen molar-refractivity contribution in [2.24, 2.45) is 0 Å². The van der Waals surface area contributed by atoms with E-state index in [1.165, 1.54) is 16.2 Å². The molecule has 0 bridgehead atoms. The Morgan fingerprint density at radius 1 is 1.02 bits per heavy atom. The van der Waals surface area contributed by atoms with Crippen LogP contribution in [0.25, 0.3) is 16.0 Å². The Bertz CT molecular complexity index is 1630. The van der Waals surface area contributed by atoms with Gasteiger partial charge in [-0.3, -0.25) is 14.5 Å². The molecule has 1 unspecified atom stereocenters. The number of methoxy groups -OCH3 is 1. The molecule has 1 N–H and O–H groups in total. The molecule has 1 aromatic heterocycles. The van der Waals surface area contributed by atoms with E-state index in [2.05, 4.69) is 11.9 Å². The summed E-state index contributed by atoms with van der Waals surface area (Å²) in [6.07, 6.45) is 1.87. The molecular weight excluding hydrogens is 564 g/mol. The standard InChI is InChI=1S/C31H29ClN2O6S/c1-4-6-15-40-23-14-9-19(16-24(23)39-5-2)27-26(28(35)18-7-10-20(32)11-8-18)29(36)30(37)34(27)31-33-22-13-12-21(38-3)17-25(22)41-31/h7-14,16-17,27,35H,4-6,15H2,1-3H3/b28-26+. The molecule has 1 aliphatic rings. The van der Waals surface area contributed by atoms with Crippen molar-refractivity contribution in [3.8, 4) is 17.2 Å². The van der Waals surface area contributed by atoms with Crippen LogP contribution in [0.4, 0.5) is 5.13 Å². The summed E-state index contributed by atoms with van der Waals surface area (Å²) in [4.78, 5) is 33.2. The fourth-order valence-electron chi connectivity index (χ4n) is 4.64. The molecule has 5 rings (SSSR count). The van der Waals surface area contributed by atoms with Crippen molar-refractivity contribution in [1.29, 1.82) is 0 Å². The molecule has 10 heteroatoms. The molecule has 1 aliphatic heterocycles. The molecule has 1 fully saturated rings. The van der Waals surface area contributed by atoms with Crippen LogP contribution in [0, 0.1) is 0 Å². The SMILES string of the molecule is CCCCOc1ccc(C2/C(=C(\O)c3ccc(Cl)cc3)C(=O)C(=O)N2c2nc3ccc(OC)cc3s2)cc1OCC. The van der Waals surface area contributed by atoms with Crippen molar-refractivity contribution in [1.82, 2.24) is 4.98 Å². The molecule has 212 valence electrons. The summed E-state index contributed by atoms with van der Waals surface area (Å²) in [5.74, 6) is -0.234. The lowest BCUT2D eigenvalue weighted by Crippen LogP contribution is -2.29. The number of carbonyl (C=O) groups excluding carboxylic acids is 2. The van der Waals surface area contributed by atoms with Gasteiger partial charge < -0.3 is 19.3 Å². The number of hydrogen-bond acceptors (Lipinski definition) is 8. The molecule has 1 saturated heterocycles. The number of nitrogens with zero attached hydrogens (tertiary/aromatic N) is 2. The van der Waals surface area contributed by atoms with Gasteiger partial charge in [-0.1, -0.05) is 42.3 Å². The number of ether oxygens (including phenoxy) is 3. The number of rotatable bonds is 10. The largest absolute Gasteiger partial charge is 0.507 e. The summed E-state index contributed by atoms with van der Waals surface area (Å²) >= 11 is 7.31. The normalized spacial score (nSPS) is 16.4. The number of fused-ring (bicyclic) bond motifs is 1. The lowest BCUT2D eigenvalue weighted by atomic mass is 9.95. The Hall–Kier alpha value is -4.08. The third kappa shape index (κ3) is 5.60. The Labute approximate surface area is 246 Å². The average Bonchev–Trinajstić information content (AvgIpc) is 3.51. The van der Waals surface area contributed by atoms with Crippen molar-refractivity contribution < 1.29 is 28.9 Å². The number of aromatic nitrogens is 1. The first-order valence-electron chi connectivity index (χ1n) is 13.3. The van der Waals surface area contributed by atoms with Crippen LogP contribution in [0.3, 0.4) is 0 Å². The highest BCUT2D eigenvalue weighted by atomic mass is 35.5. The zero-order valence-electron chi connectivity index (χ0n) is 22.8. The van der Waals surface area contributed by atoms with Gasteiger partial charge in [0, 0.05) is 10.6 Å². The Kier molecular flexibility index (Phi) is 8.46. The second-order valence-electron chi connectivity index (χ2n) is 9.35. The van der Waals surface area contributed by atoms with Crippen molar-refractivity contribution in [3.05, 3.63) is 82.4 Å². The van der Waals surface area contributed by atoms with Crippen LogP contribution in [0.2, 0.25) is 5.02 Å². The third-order valence-corrected chi connectivity index (χ3v) is 7.96. The summed E-state index contributed by atoms with van der Waals surface area (Å²) in [6.45, 7) is 4.86. The van der Waals surface area contributed by atoms with Gasteiger partial charge in [0.2, 0.25) is 0 Å². The summed E-state index contributed by atoms with van der Waals surface area (Å²) < 4.78 is 18.0. The monoisotopic (exact) mass is 592 g/mol. The van der Waals surface area contributed by atoms with E-state index in [0.717, 1.165) is 17.5 Å². The summed E-state index contributed by atoms with van der Waals surface area (Å²) in [7, 11) is 1.57. The molecular formula is C31H29ClN2O6S. The molecule has 0 saturated carbocycles. The molecule has 4 aromatic rings. The smallest absolute Gasteiger partial charge is 0.301 e. The van der Waals surface area contributed by atoms with Gasteiger partial charge in [0.25, 0.3) is 5.78 Å². The number of aliphatic hydroxyl groups is 1. The Morgan fingerprint density at radius 2 is 1.80 bits per heavy atom. The zero-order valence-corrected chi connectivity index (χ0v) is 24.4. The van der Waals surface area contributed by atoms with E-state index in [-0.39, 0.29) is 11.3 Å². The number of hydrogen-bond donors (Lipinski definition) is 1. The fraction of sp³-hybridized carbons (Fsp3) is 0.258. The minimum Gasteiger partial charge on any atom is -0.507 e. The number of anilines is 1. The molecule has 3 aromatic carbocycles.